The van der Waals surface area contributed by atoms with Crippen LogP contribution in [0.25, 0.3) is 11.2 Å². The van der Waals surface area contributed by atoms with Gasteiger partial charge < -0.3 is 4.57 Å². The van der Waals surface area contributed by atoms with Crippen LogP contribution in [-0.4, -0.2) is 29.8 Å². The number of nitro groups is 1. The molecule has 0 unspecified atom stereocenters. The number of nitro benzene ring substituents is 1. The van der Waals surface area contributed by atoms with Crippen molar-refractivity contribution in [1.29, 1.82) is 0 Å². The number of non-ortho nitro benzene ring substituents is 1. The Labute approximate surface area is 140 Å². The molecule has 0 saturated carbocycles. The number of aromatic nitrogens is 4. The highest BCUT2D eigenvalue weighted by molar-refractivity contribution is 5.83. The fraction of sp³-hybridized carbons (Fsp3) is 0.200. The van der Waals surface area contributed by atoms with Gasteiger partial charge in [-0.05, 0) is 17.7 Å². The monoisotopic (exact) mass is 342 g/mol. The highest BCUT2D eigenvalue weighted by Gasteiger charge is 2.16. The second-order valence-electron chi connectivity index (χ2n) is 5.46. The fourth-order valence-corrected chi connectivity index (χ4v) is 2.44. The Morgan fingerprint density at radius 3 is 2.32 bits per heavy atom. The molecule has 3 aromatic rings. The molecule has 0 aliphatic rings. The van der Waals surface area contributed by atoms with Crippen molar-refractivity contribution in [3.63, 3.8) is 0 Å². The van der Waals surface area contributed by atoms with Crippen LogP contribution in [0, 0.1) is 10.1 Å². The number of imidazole rings is 1. The first-order valence-electron chi connectivity index (χ1n) is 7.22. The lowest BCUT2D eigenvalue weighted by atomic mass is 10.2. The molecule has 0 fully saturated rings. The van der Waals surface area contributed by atoms with Crippen LogP contribution in [0.3, 0.4) is 0 Å². The third kappa shape index (κ3) is 2.63. The standard InChI is InChI=1S/C15H14N6O4/c1-18-11-12(19(2)15(23)20(3)13(11)22)17-14(18)16-8-9-4-6-10(7-5-9)21(24)25/h4-8H,1-3H3/b16-8+. The number of hydrogen-bond acceptors (Lipinski definition) is 6. The van der Waals surface area contributed by atoms with Crippen LogP contribution < -0.4 is 11.2 Å². The van der Waals surface area contributed by atoms with Gasteiger partial charge >= 0.3 is 5.69 Å². The Morgan fingerprint density at radius 1 is 1.08 bits per heavy atom. The van der Waals surface area contributed by atoms with E-state index in [9.17, 15) is 19.7 Å². The zero-order chi connectivity index (χ0) is 18.3. The van der Waals surface area contributed by atoms with Gasteiger partial charge in [0.05, 0.1) is 4.92 Å². The van der Waals surface area contributed by atoms with Crippen molar-refractivity contribution >= 4 is 29.0 Å². The van der Waals surface area contributed by atoms with Crippen LogP contribution in [0.2, 0.25) is 0 Å². The van der Waals surface area contributed by atoms with E-state index < -0.39 is 16.2 Å². The highest BCUT2D eigenvalue weighted by atomic mass is 16.6. The Bertz CT molecular complexity index is 1130. The van der Waals surface area contributed by atoms with Gasteiger partial charge in [-0.25, -0.2) is 9.79 Å². The minimum absolute atomic E-state index is 0.0154. The second kappa shape index (κ2) is 5.82. The van der Waals surface area contributed by atoms with E-state index in [2.05, 4.69) is 9.98 Å². The first-order valence-corrected chi connectivity index (χ1v) is 7.22. The number of aryl methyl sites for hydroxylation is 2. The molecule has 0 atom stereocenters. The quantitative estimate of drug-likeness (QED) is 0.393. The summed E-state index contributed by atoms with van der Waals surface area (Å²) in [5.41, 5.74) is 0.205. The average molecular weight is 342 g/mol. The molecule has 0 saturated heterocycles. The van der Waals surface area contributed by atoms with Gasteiger partial charge in [-0.3, -0.25) is 24.0 Å². The fourth-order valence-electron chi connectivity index (χ4n) is 2.44. The smallest absolute Gasteiger partial charge is 0.306 e. The summed E-state index contributed by atoms with van der Waals surface area (Å²) in [6.07, 6.45) is 1.48. The first kappa shape index (κ1) is 16.3. The van der Waals surface area contributed by atoms with Crippen molar-refractivity contribution in [3.05, 3.63) is 60.8 Å². The highest BCUT2D eigenvalue weighted by Crippen LogP contribution is 2.16. The number of benzene rings is 1. The molecule has 1 aromatic carbocycles. The van der Waals surface area contributed by atoms with E-state index in [0.717, 1.165) is 4.57 Å². The molecule has 25 heavy (non-hydrogen) atoms. The van der Waals surface area contributed by atoms with E-state index in [1.54, 1.807) is 19.2 Å². The molecule has 2 heterocycles. The zero-order valence-electron chi connectivity index (χ0n) is 13.7. The molecular weight excluding hydrogens is 328 g/mol. The summed E-state index contributed by atoms with van der Waals surface area (Å²) in [6.45, 7) is 0. The summed E-state index contributed by atoms with van der Waals surface area (Å²) in [4.78, 5) is 42.9. The van der Waals surface area contributed by atoms with Gasteiger partial charge in [0.1, 0.15) is 0 Å². The number of aliphatic imine (C=N–C) groups is 1. The van der Waals surface area contributed by atoms with Crippen molar-refractivity contribution in [2.45, 2.75) is 0 Å². The van der Waals surface area contributed by atoms with Crippen molar-refractivity contribution in [2.75, 3.05) is 0 Å². The average Bonchev–Trinajstić information content (AvgIpc) is 2.93. The number of hydrogen-bond donors (Lipinski definition) is 0. The van der Waals surface area contributed by atoms with E-state index in [0.29, 0.717) is 5.56 Å². The molecule has 3 rings (SSSR count). The molecule has 0 aliphatic carbocycles. The number of rotatable bonds is 3. The molecule has 10 heteroatoms. The lowest BCUT2D eigenvalue weighted by Gasteiger charge is -2.02. The predicted molar refractivity (Wildman–Crippen MR) is 91.5 cm³/mol. The van der Waals surface area contributed by atoms with E-state index in [4.69, 9.17) is 0 Å². The Kier molecular flexibility index (Phi) is 3.79. The lowest BCUT2D eigenvalue weighted by molar-refractivity contribution is -0.384. The number of nitrogens with zero attached hydrogens (tertiary/aromatic N) is 6. The van der Waals surface area contributed by atoms with Crippen LogP contribution >= 0.6 is 0 Å². The molecule has 10 nitrogen and oxygen atoms in total. The second-order valence-corrected chi connectivity index (χ2v) is 5.46. The summed E-state index contributed by atoms with van der Waals surface area (Å²) >= 11 is 0. The summed E-state index contributed by atoms with van der Waals surface area (Å²) in [5, 5.41) is 10.7. The normalized spacial score (nSPS) is 11.5. The molecule has 0 radical (unpaired) electrons. The van der Waals surface area contributed by atoms with Gasteiger partial charge in [0.25, 0.3) is 11.2 Å². The third-order valence-corrected chi connectivity index (χ3v) is 3.88. The molecule has 128 valence electrons. The molecule has 0 spiro atoms. The molecule has 0 bridgehead atoms. The molecule has 0 aliphatic heterocycles. The molecular formula is C15H14N6O4. The minimum Gasteiger partial charge on any atom is -0.306 e. The molecule has 0 amide bonds. The first-order chi connectivity index (χ1) is 11.8. The predicted octanol–water partition coefficient (Wildman–Crippen LogP) is 0.629. The van der Waals surface area contributed by atoms with E-state index in [1.165, 1.54) is 41.6 Å². The van der Waals surface area contributed by atoms with Gasteiger partial charge in [-0.2, -0.15) is 4.98 Å². The van der Waals surface area contributed by atoms with Crippen LogP contribution in [-0.2, 0) is 21.1 Å². The van der Waals surface area contributed by atoms with Crippen LogP contribution in [0.4, 0.5) is 11.6 Å². The van der Waals surface area contributed by atoms with Crippen molar-refractivity contribution in [1.82, 2.24) is 18.7 Å². The van der Waals surface area contributed by atoms with E-state index in [1.807, 2.05) is 0 Å². The number of fused-ring (bicyclic) bond motifs is 1. The van der Waals surface area contributed by atoms with E-state index in [-0.39, 0.29) is 22.8 Å². The van der Waals surface area contributed by atoms with Crippen LogP contribution in [0.15, 0.2) is 38.8 Å². The summed E-state index contributed by atoms with van der Waals surface area (Å²) in [7, 11) is 4.56. The third-order valence-electron chi connectivity index (χ3n) is 3.88. The van der Waals surface area contributed by atoms with Gasteiger partial charge in [0, 0.05) is 39.5 Å². The van der Waals surface area contributed by atoms with Gasteiger partial charge in [-0.15, -0.1) is 0 Å². The molecule has 2 aromatic heterocycles. The van der Waals surface area contributed by atoms with Crippen molar-refractivity contribution in [3.8, 4) is 0 Å². The van der Waals surface area contributed by atoms with Gasteiger partial charge in [0.15, 0.2) is 11.2 Å². The van der Waals surface area contributed by atoms with E-state index >= 15 is 0 Å². The van der Waals surface area contributed by atoms with Crippen LogP contribution in [0.5, 0.6) is 0 Å². The maximum atomic E-state index is 12.3. The van der Waals surface area contributed by atoms with Crippen molar-refractivity contribution in [2.24, 2.45) is 26.1 Å². The lowest BCUT2D eigenvalue weighted by Crippen LogP contribution is -2.37. The summed E-state index contributed by atoms with van der Waals surface area (Å²) in [6, 6.07) is 5.85. The SMILES string of the molecule is Cn1c(=O)c2c(nc(/N=C/c3ccc([N+](=O)[O-])cc3)n2C)n(C)c1=O. The van der Waals surface area contributed by atoms with Crippen molar-refractivity contribution < 1.29 is 4.92 Å². The largest absolute Gasteiger partial charge is 0.332 e. The topological polar surface area (TPSA) is 117 Å². The van der Waals surface area contributed by atoms with Crippen LogP contribution in [0.1, 0.15) is 5.56 Å². The minimum atomic E-state index is -0.483. The Balaban J connectivity index is 2.08. The molecule has 0 N–H and O–H groups in total. The zero-order valence-corrected chi connectivity index (χ0v) is 13.7. The maximum Gasteiger partial charge on any atom is 0.332 e. The van der Waals surface area contributed by atoms with Gasteiger partial charge in [0.2, 0.25) is 5.95 Å². The maximum absolute atomic E-state index is 12.3. The summed E-state index contributed by atoms with van der Waals surface area (Å²) in [5.74, 6) is 0.242. The Morgan fingerprint density at radius 2 is 1.72 bits per heavy atom. The van der Waals surface area contributed by atoms with Gasteiger partial charge in [-0.1, -0.05) is 0 Å². The Hall–Kier alpha value is -3.56. The summed E-state index contributed by atoms with van der Waals surface area (Å²) < 4.78 is 3.79.